The molecular weight excluding hydrogens is 179 g/mol. The Morgan fingerprint density at radius 1 is 1.43 bits per heavy atom. The van der Waals surface area contributed by atoms with Gasteiger partial charge in [-0.15, -0.1) is 0 Å². The fourth-order valence-corrected chi connectivity index (χ4v) is 1.86. The highest BCUT2D eigenvalue weighted by Gasteiger charge is 2.49. The minimum atomic E-state index is -1.09. The molecule has 1 aromatic heterocycles. The Morgan fingerprint density at radius 2 is 2.00 bits per heavy atom. The molecule has 0 aliphatic heterocycles. The van der Waals surface area contributed by atoms with E-state index < -0.39 is 5.67 Å². The summed E-state index contributed by atoms with van der Waals surface area (Å²) in [6.07, 6.45) is 3.10. The Labute approximate surface area is 84.1 Å². The van der Waals surface area contributed by atoms with E-state index in [1.54, 1.807) is 10.9 Å². The van der Waals surface area contributed by atoms with Crippen LogP contribution < -0.4 is 0 Å². The zero-order chi connectivity index (χ0) is 10.6. The van der Waals surface area contributed by atoms with E-state index in [0.717, 1.165) is 11.3 Å². The molecule has 0 bridgehead atoms. The van der Waals surface area contributed by atoms with Gasteiger partial charge < -0.3 is 0 Å². The number of rotatable bonds is 1. The van der Waals surface area contributed by atoms with Crippen molar-refractivity contribution in [3.05, 3.63) is 17.5 Å². The van der Waals surface area contributed by atoms with Gasteiger partial charge in [-0.3, -0.25) is 4.68 Å². The number of hydrogen-bond donors (Lipinski definition) is 0. The van der Waals surface area contributed by atoms with Crippen LogP contribution in [0.3, 0.4) is 0 Å². The second-order valence-electron chi connectivity index (χ2n) is 5.25. The van der Waals surface area contributed by atoms with Crippen LogP contribution in [-0.2, 0) is 18.1 Å². The number of alkyl halides is 1. The summed E-state index contributed by atoms with van der Waals surface area (Å²) in [5, 5.41) is 4.17. The quantitative estimate of drug-likeness (QED) is 0.675. The van der Waals surface area contributed by atoms with E-state index in [9.17, 15) is 4.39 Å². The van der Waals surface area contributed by atoms with Crippen LogP contribution in [0.15, 0.2) is 6.20 Å². The van der Waals surface area contributed by atoms with Crippen LogP contribution >= 0.6 is 0 Å². The van der Waals surface area contributed by atoms with Gasteiger partial charge in [-0.05, 0) is 18.3 Å². The molecule has 1 fully saturated rings. The van der Waals surface area contributed by atoms with Gasteiger partial charge in [-0.2, -0.15) is 5.10 Å². The summed E-state index contributed by atoms with van der Waals surface area (Å²) >= 11 is 0. The molecule has 1 aliphatic carbocycles. The zero-order valence-corrected chi connectivity index (χ0v) is 9.26. The zero-order valence-electron chi connectivity index (χ0n) is 9.26. The van der Waals surface area contributed by atoms with Gasteiger partial charge in [-0.25, -0.2) is 4.39 Å². The van der Waals surface area contributed by atoms with Gasteiger partial charge in [0.15, 0.2) is 5.67 Å². The van der Waals surface area contributed by atoms with E-state index in [2.05, 4.69) is 25.9 Å². The number of aromatic nitrogens is 2. The molecule has 1 saturated carbocycles. The van der Waals surface area contributed by atoms with Crippen LogP contribution in [-0.4, -0.2) is 9.78 Å². The highest BCUT2D eigenvalue weighted by Crippen LogP contribution is 2.51. The molecule has 0 N–H and O–H groups in total. The number of halogens is 1. The molecule has 14 heavy (non-hydrogen) atoms. The van der Waals surface area contributed by atoms with Crippen molar-refractivity contribution in [3.8, 4) is 0 Å². The van der Waals surface area contributed by atoms with Crippen LogP contribution in [0.1, 0.15) is 44.9 Å². The monoisotopic (exact) mass is 196 g/mol. The van der Waals surface area contributed by atoms with Crippen molar-refractivity contribution >= 4 is 0 Å². The van der Waals surface area contributed by atoms with Crippen LogP contribution in [0.2, 0.25) is 0 Å². The molecule has 78 valence electrons. The van der Waals surface area contributed by atoms with E-state index in [4.69, 9.17) is 0 Å². The maximum absolute atomic E-state index is 14.1. The Morgan fingerprint density at radius 3 is 2.43 bits per heavy atom. The lowest BCUT2D eigenvalue weighted by atomic mass is 9.86. The molecule has 1 aliphatic rings. The first-order valence-corrected chi connectivity index (χ1v) is 5.06. The van der Waals surface area contributed by atoms with Crippen molar-refractivity contribution in [1.29, 1.82) is 0 Å². The first-order valence-electron chi connectivity index (χ1n) is 5.06. The smallest absolute Gasteiger partial charge is 0.152 e. The van der Waals surface area contributed by atoms with Crippen LogP contribution in [0.5, 0.6) is 0 Å². The fourth-order valence-electron chi connectivity index (χ4n) is 1.86. The molecule has 1 heterocycles. The summed E-state index contributed by atoms with van der Waals surface area (Å²) in [4.78, 5) is 0. The second-order valence-corrected chi connectivity index (χ2v) is 5.25. The Kier molecular flexibility index (Phi) is 1.79. The van der Waals surface area contributed by atoms with Crippen molar-refractivity contribution < 1.29 is 4.39 Å². The summed E-state index contributed by atoms with van der Waals surface area (Å²) in [5.74, 6) is 0. The fraction of sp³-hybridized carbons (Fsp3) is 0.727. The van der Waals surface area contributed by atoms with Gasteiger partial charge in [0.05, 0.1) is 11.9 Å². The first-order chi connectivity index (χ1) is 6.34. The number of hydrogen-bond acceptors (Lipinski definition) is 1. The lowest BCUT2D eigenvalue weighted by Gasteiger charge is -2.20. The van der Waals surface area contributed by atoms with Crippen molar-refractivity contribution in [2.75, 3.05) is 0 Å². The maximum Gasteiger partial charge on any atom is 0.152 e. The average Bonchev–Trinajstić information content (AvgIpc) is 2.60. The molecule has 0 unspecified atom stereocenters. The third kappa shape index (κ3) is 1.35. The van der Waals surface area contributed by atoms with Gasteiger partial charge in [0.1, 0.15) is 0 Å². The van der Waals surface area contributed by atoms with Gasteiger partial charge in [0.2, 0.25) is 0 Å². The molecule has 0 atom stereocenters. The van der Waals surface area contributed by atoms with Gasteiger partial charge >= 0.3 is 0 Å². The molecule has 0 aromatic carbocycles. The molecule has 0 radical (unpaired) electrons. The molecule has 2 nitrogen and oxygen atoms in total. The number of nitrogens with zero attached hydrogens (tertiary/aromatic N) is 2. The Hall–Kier alpha value is -0.860. The van der Waals surface area contributed by atoms with Gasteiger partial charge in [0, 0.05) is 12.6 Å². The van der Waals surface area contributed by atoms with E-state index in [1.165, 1.54) is 0 Å². The molecule has 3 heteroatoms. The normalized spacial score (nSPS) is 19.8. The highest BCUT2D eigenvalue weighted by molar-refractivity contribution is 5.33. The second kappa shape index (κ2) is 2.59. The van der Waals surface area contributed by atoms with E-state index >= 15 is 0 Å². The SMILES string of the molecule is Cn1ncc(C(C)(C)C)c1C1(F)CC1. The summed E-state index contributed by atoms with van der Waals surface area (Å²) in [6.45, 7) is 6.29. The predicted octanol–water partition coefficient (Wildman–Crippen LogP) is 2.68. The van der Waals surface area contributed by atoms with Crippen molar-refractivity contribution in [2.24, 2.45) is 7.05 Å². The van der Waals surface area contributed by atoms with Crippen molar-refractivity contribution in [2.45, 2.75) is 44.7 Å². The molecule has 0 saturated heterocycles. The largest absolute Gasteiger partial charge is 0.269 e. The van der Waals surface area contributed by atoms with E-state index in [1.807, 2.05) is 7.05 Å². The topological polar surface area (TPSA) is 17.8 Å². The standard InChI is InChI=1S/C11H17FN2/c1-10(2,3)8-7-13-14(4)9(8)11(12)5-6-11/h7H,5-6H2,1-4H3. The number of aryl methyl sites for hydroxylation is 1. The van der Waals surface area contributed by atoms with Crippen molar-refractivity contribution in [3.63, 3.8) is 0 Å². The summed E-state index contributed by atoms with van der Waals surface area (Å²) in [6, 6.07) is 0. The minimum absolute atomic E-state index is 0.0225. The van der Waals surface area contributed by atoms with Crippen LogP contribution in [0.25, 0.3) is 0 Å². The van der Waals surface area contributed by atoms with Crippen LogP contribution in [0, 0.1) is 0 Å². The molecule has 0 spiro atoms. The summed E-state index contributed by atoms with van der Waals surface area (Å²) in [7, 11) is 1.82. The minimum Gasteiger partial charge on any atom is -0.269 e. The molecule has 1 aromatic rings. The summed E-state index contributed by atoms with van der Waals surface area (Å²) < 4.78 is 15.7. The third-order valence-corrected chi connectivity index (χ3v) is 2.86. The van der Waals surface area contributed by atoms with Crippen molar-refractivity contribution in [1.82, 2.24) is 9.78 Å². The van der Waals surface area contributed by atoms with E-state index in [0.29, 0.717) is 12.8 Å². The Bertz CT molecular complexity index is 356. The average molecular weight is 196 g/mol. The molecule has 2 rings (SSSR count). The third-order valence-electron chi connectivity index (χ3n) is 2.86. The van der Waals surface area contributed by atoms with Gasteiger partial charge in [0.25, 0.3) is 0 Å². The first kappa shape index (κ1) is 9.69. The molecule has 0 amide bonds. The lowest BCUT2D eigenvalue weighted by molar-refractivity contribution is 0.293. The summed E-state index contributed by atoms with van der Waals surface area (Å²) in [5.41, 5.74) is 0.712. The Balaban J connectivity index is 2.52. The lowest BCUT2D eigenvalue weighted by Crippen LogP contribution is -2.18. The van der Waals surface area contributed by atoms with Crippen LogP contribution in [0.4, 0.5) is 4.39 Å². The van der Waals surface area contributed by atoms with E-state index in [-0.39, 0.29) is 5.41 Å². The maximum atomic E-state index is 14.1. The molecular formula is C11H17FN2. The predicted molar refractivity (Wildman–Crippen MR) is 53.9 cm³/mol. The van der Waals surface area contributed by atoms with Gasteiger partial charge in [-0.1, -0.05) is 20.8 Å². The highest BCUT2D eigenvalue weighted by atomic mass is 19.1.